The number of carbonyl (C=O) groups excluding carboxylic acids is 1. The van der Waals surface area contributed by atoms with Crippen molar-refractivity contribution in [3.8, 4) is 11.5 Å². The zero-order chi connectivity index (χ0) is 14.5. The molecular weight excluding hydrogens is 328 g/mol. The number of rotatable bonds is 3. The summed E-state index contributed by atoms with van der Waals surface area (Å²) >= 11 is 3.38. The summed E-state index contributed by atoms with van der Waals surface area (Å²) in [5.74, 6) is 1.16. The van der Waals surface area contributed by atoms with E-state index in [0.29, 0.717) is 30.3 Å². The molecule has 1 aromatic rings. The molecule has 0 aromatic heterocycles. The minimum absolute atomic E-state index is 0.305. The summed E-state index contributed by atoms with van der Waals surface area (Å²) in [4.78, 5) is 17.4. The molecule has 2 rings (SSSR count). The number of amides is 2. The van der Waals surface area contributed by atoms with Gasteiger partial charge in [0.05, 0.1) is 37.5 Å². The van der Waals surface area contributed by atoms with Gasteiger partial charge in [-0.15, -0.1) is 0 Å². The number of methoxy groups -OCH3 is 2. The van der Waals surface area contributed by atoms with E-state index in [1.54, 1.807) is 19.2 Å². The highest BCUT2D eigenvalue weighted by Gasteiger charge is 2.20. The third kappa shape index (κ3) is 3.34. The second-order valence-electron chi connectivity index (χ2n) is 4.26. The number of hydroxylamine groups is 2. The van der Waals surface area contributed by atoms with Crippen LogP contribution in [0, 0.1) is 0 Å². The van der Waals surface area contributed by atoms with Crippen LogP contribution >= 0.6 is 15.9 Å². The maximum absolute atomic E-state index is 12.1. The number of anilines is 1. The first-order chi connectivity index (χ1) is 9.65. The summed E-state index contributed by atoms with van der Waals surface area (Å²) in [5.41, 5.74) is 0.555. The molecule has 1 N–H and O–H groups in total. The minimum Gasteiger partial charge on any atom is -0.495 e. The lowest BCUT2D eigenvalue weighted by molar-refractivity contribution is -0.135. The number of hydrogen-bond donors (Lipinski definition) is 1. The fourth-order valence-electron chi connectivity index (χ4n) is 1.89. The highest BCUT2D eigenvalue weighted by molar-refractivity contribution is 9.10. The predicted molar refractivity (Wildman–Crippen MR) is 78.2 cm³/mol. The molecule has 2 amide bonds. The van der Waals surface area contributed by atoms with E-state index in [0.717, 1.165) is 17.3 Å². The van der Waals surface area contributed by atoms with Crippen molar-refractivity contribution in [1.82, 2.24) is 5.06 Å². The Balaban J connectivity index is 2.15. The highest BCUT2D eigenvalue weighted by atomic mass is 79.9. The molecular formula is C13H17BrN2O4. The summed E-state index contributed by atoms with van der Waals surface area (Å²) in [6, 6.07) is 3.14. The summed E-state index contributed by atoms with van der Waals surface area (Å²) < 4.78 is 11.2. The fourth-order valence-corrected chi connectivity index (χ4v) is 2.40. The molecule has 1 saturated heterocycles. The van der Waals surface area contributed by atoms with Crippen LogP contribution in [0.2, 0.25) is 0 Å². The second-order valence-corrected chi connectivity index (χ2v) is 5.11. The number of ether oxygens (including phenoxy) is 2. The largest absolute Gasteiger partial charge is 0.495 e. The Morgan fingerprint density at radius 2 is 2.05 bits per heavy atom. The third-order valence-corrected chi connectivity index (χ3v) is 3.56. The van der Waals surface area contributed by atoms with Crippen LogP contribution < -0.4 is 14.8 Å². The quantitative estimate of drug-likeness (QED) is 0.915. The van der Waals surface area contributed by atoms with E-state index >= 15 is 0 Å². The predicted octanol–water partition coefficient (Wildman–Crippen LogP) is 3.03. The van der Waals surface area contributed by atoms with Crippen LogP contribution in [-0.4, -0.2) is 38.5 Å². The molecule has 1 aromatic carbocycles. The Morgan fingerprint density at radius 3 is 2.65 bits per heavy atom. The van der Waals surface area contributed by atoms with E-state index in [-0.39, 0.29) is 6.03 Å². The molecule has 7 heteroatoms. The van der Waals surface area contributed by atoms with Gasteiger partial charge in [-0.3, -0.25) is 4.84 Å². The second kappa shape index (κ2) is 6.81. The monoisotopic (exact) mass is 344 g/mol. The van der Waals surface area contributed by atoms with Crippen molar-refractivity contribution < 1.29 is 19.1 Å². The Labute approximate surface area is 126 Å². The van der Waals surface area contributed by atoms with E-state index in [4.69, 9.17) is 14.3 Å². The number of hydrogen-bond acceptors (Lipinski definition) is 4. The SMILES string of the molecule is COc1cc(OC)c(NC(=O)N2CCCCO2)cc1Br. The van der Waals surface area contributed by atoms with E-state index in [1.165, 1.54) is 12.2 Å². The van der Waals surface area contributed by atoms with Gasteiger partial charge in [0.1, 0.15) is 11.5 Å². The van der Waals surface area contributed by atoms with E-state index in [2.05, 4.69) is 21.2 Å². The Morgan fingerprint density at radius 1 is 1.30 bits per heavy atom. The van der Waals surface area contributed by atoms with Crippen LogP contribution in [0.5, 0.6) is 11.5 Å². The molecule has 20 heavy (non-hydrogen) atoms. The van der Waals surface area contributed by atoms with Crippen molar-refractivity contribution in [2.75, 3.05) is 32.7 Å². The molecule has 0 atom stereocenters. The van der Waals surface area contributed by atoms with E-state index < -0.39 is 0 Å². The van der Waals surface area contributed by atoms with Crippen LogP contribution in [0.4, 0.5) is 10.5 Å². The first-order valence-corrected chi connectivity index (χ1v) is 7.08. The molecule has 0 unspecified atom stereocenters. The van der Waals surface area contributed by atoms with Crippen molar-refractivity contribution in [2.45, 2.75) is 12.8 Å². The molecule has 1 heterocycles. The minimum atomic E-state index is -0.305. The van der Waals surface area contributed by atoms with Crippen molar-refractivity contribution in [1.29, 1.82) is 0 Å². The normalized spacial score (nSPS) is 14.8. The maximum atomic E-state index is 12.1. The van der Waals surface area contributed by atoms with Crippen LogP contribution in [0.3, 0.4) is 0 Å². The van der Waals surface area contributed by atoms with Gasteiger partial charge in [0.25, 0.3) is 0 Å². The van der Waals surface area contributed by atoms with E-state index in [1.807, 2.05) is 0 Å². The van der Waals surface area contributed by atoms with Crippen LogP contribution in [0.1, 0.15) is 12.8 Å². The van der Waals surface area contributed by atoms with Gasteiger partial charge in [-0.1, -0.05) is 0 Å². The lowest BCUT2D eigenvalue weighted by Gasteiger charge is -2.26. The Bertz CT molecular complexity index is 490. The smallest absolute Gasteiger partial charge is 0.345 e. The number of halogens is 1. The summed E-state index contributed by atoms with van der Waals surface area (Å²) in [6.45, 7) is 1.16. The molecule has 0 radical (unpaired) electrons. The summed E-state index contributed by atoms with van der Waals surface area (Å²) in [5, 5.41) is 4.11. The van der Waals surface area contributed by atoms with Gasteiger partial charge < -0.3 is 14.8 Å². The van der Waals surface area contributed by atoms with Crippen LogP contribution in [0.15, 0.2) is 16.6 Å². The number of nitrogens with one attached hydrogen (secondary N) is 1. The molecule has 110 valence electrons. The van der Waals surface area contributed by atoms with Gasteiger partial charge in [-0.25, -0.2) is 9.86 Å². The summed E-state index contributed by atoms with van der Waals surface area (Å²) in [7, 11) is 3.11. The highest BCUT2D eigenvalue weighted by Crippen LogP contribution is 2.36. The zero-order valence-corrected chi connectivity index (χ0v) is 13.0. The molecule has 1 fully saturated rings. The molecule has 1 aliphatic heterocycles. The lowest BCUT2D eigenvalue weighted by Crippen LogP contribution is -2.38. The average molecular weight is 345 g/mol. The van der Waals surface area contributed by atoms with Crippen molar-refractivity contribution >= 4 is 27.6 Å². The first kappa shape index (κ1) is 14.9. The van der Waals surface area contributed by atoms with Crippen LogP contribution in [0.25, 0.3) is 0 Å². The van der Waals surface area contributed by atoms with Crippen molar-refractivity contribution in [2.24, 2.45) is 0 Å². The van der Waals surface area contributed by atoms with Gasteiger partial charge in [-0.2, -0.15) is 0 Å². The average Bonchev–Trinajstić information content (AvgIpc) is 2.48. The lowest BCUT2D eigenvalue weighted by atomic mass is 10.2. The number of benzene rings is 1. The van der Waals surface area contributed by atoms with Gasteiger partial charge in [0, 0.05) is 6.07 Å². The van der Waals surface area contributed by atoms with Crippen molar-refractivity contribution in [3.63, 3.8) is 0 Å². The van der Waals surface area contributed by atoms with Gasteiger partial charge in [0.2, 0.25) is 0 Å². The van der Waals surface area contributed by atoms with E-state index in [9.17, 15) is 4.79 Å². The molecule has 0 spiro atoms. The molecule has 1 aliphatic rings. The fraction of sp³-hybridized carbons (Fsp3) is 0.462. The van der Waals surface area contributed by atoms with Gasteiger partial charge in [-0.05, 0) is 34.8 Å². The molecule has 0 saturated carbocycles. The van der Waals surface area contributed by atoms with Crippen LogP contribution in [-0.2, 0) is 4.84 Å². The number of urea groups is 1. The Kier molecular flexibility index (Phi) is 5.08. The topological polar surface area (TPSA) is 60.0 Å². The van der Waals surface area contributed by atoms with Gasteiger partial charge >= 0.3 is 6.03 Å². The Hall–Kier alpha value is -1.47. The van der Waals surface area contributed by atoms with Gasteiger partial charge in [0.15, 0.2) is 0 Å². The maximum Gasteiger partial charge on any atom is 0.345 e. The number of nitrogens with zero attached hydrogens (tertiary/aromatic N) is 1. The molecule has 0 bridgehead atoms. The molecule has 0 aliphatic carbocycles. The molecule has 6 nitrogen and oxygen atoms in total. The zero-order valence-electron chi connectivity index (χ0n) is 11.4. The van der Waals surface area contributed by atoms with Crippen molar-refractivity contribution in [3.05, 3.63) is 16.6 Å². The standard InChI is InChI=1S/C13H17BrN2O4/c1-18-11-8-12(19-2)10(7-9(11)14)15-13(17)16-5-3-4-6-20-16/h7-8H,3-6H2,1-2H3,(H,15,17). The number of carbonyl (C=O) groups is 1. The summed E-state index contributed by atoms with van der Waals surface area (Å²) in [6.07, 6.45) is 1.91. The third-order valence-electron chi connectivity index (χ3n) is 2.94. The first-order valence-electron chi connectivity index (χ1n) is 6.28.